The van der Waals surface area contributed by atoms with Gasteiger partial charge in [0.25, 0.3) is 5.91 Å². The van der Waals surface area contributed by atoms with E-state index in [1.54, 1.807) is 4.90 Å². The minimum atomic E-state index is -0.0116. The fraction of sp³-hybridized carbons (Fsp3) is 0.278. The molecule has 2 aromatic rings. The summed E-state index contributed by atoms with van der Waals surface area (Å²) < 4.78 is 5.56. The van der Waals surface area contributed by atoms with E-state index in [-0.39, 0.29) is 24.9 Å². The van der Waals surface area contributed by atoms with Crippen LogP contribution in [-0.2, 0) is 22.6 Å². The Morgan fingerprint density at radius 3 is 2.70 bits per heavy atom. The number of benzene rings is 2. The van der Waals surface area contributed by atoms with Gasteiger partial charge < -0.3 is 15.4 Å². The maximum Gasteiger partial charge on any atom is 0.252 e. The Hall–Kier alpha value is -2.04. The van der Waals surface area contributed by atoms with E-state index in [0.29, 0.717) is 6.61 Å². The summed E-state index contributed by atoms with van der Waals surface area (Å²) in [7, 11) is 0. The first-order chi connectivity index (χ1) is 10.8. The SMILES string of the molecule is Cl.Nc1cccc2c1CCCN2C(=O)COCc1ccccc1. The summed E-state index contributed by atoms with van der Waals surface area (Å²) in [5.41, 5.74) is 9.85. The van der Waals surface area contributed by atoms with Crippen molar-refractivity contribution >= 4 is 29.7 Å². The van der Waals surface area contributed by atoms with Gasteiger partial charge in [-0.1, -0.05) is 36.4 Å². The van der Waals surface area contributed by atoms with Crippen LogP contribution in [0.25, 0.3) is 0 Å². The second kappa shape index (κ2) is 7.99. The van der Waals surface area contributed by atoms with Crippen molar-refractivity contribution in [2.45, 2.75) is 19.4 Å². The van der Waals surface area contributed by atoms with E-state index < -0.39 is 0 Å². The van der Waals surface area contributed by atoms with Crippen molar-refractivity contribution in [3.8, 4) is 0 Å². The topological polar surface area (TPSA) is 55.6 Å². The summed E-state index contributed by atoms with van der Waals surface area (Å²) in [6.07, 6.45) is 1.86. The summed E-state index contributed by atoms with van der Waals surface area (Å²) in [6.45, 7) is 1.26. The highest BCUT2D eigenvalue weighted by atomic mass is 35.5. The fourth-order valence-electron chi connectivity index (χ4n) is 2.82. The number of carbonyl (C=O) groups excluding carboxylic acids is 1. The predicted molar refractivity (Wildman–Crippen MR) is 94.9 cm³/mol. The zero-order valence-electron chi connectivity index (χ0n) is 12.9. The number of nitrogens with zero attached hydrogens (tertiary/aromatic N) is 1. The number of nitrogens with two attached hydrogens (primary N) is 1. The van der Waals surface area contributed by atoms with Crippen LogP contribution in [0.3, 0.4) is 0 Å². The number of carbonyl (C=O) groups is 1. The molecule has 0 saturated heterocycles. The maximum atomic E-state index is 12.4. The van der Waals surface area contributed by atoms with Gasteiger partial charge in [-0.3, -0.25) is 4.79 Å². The van der Waals surface area contributed by atoms with Crippen molar-refractivity contribution in [3.05, 3.63) is 59.7 Å². The fourth-order valence-corrected chi connectivity index (χ4v) is 2.82. The minimum Gasteiger partial charge on any atom is -0.398 e. The second-order valence-electron chi connectivity index (χ2n) is 5.47. The monoisotopic (exact) mass is 332 g/mol. The normalized spacial score (nSPS) is 13.1. The number of rotatable bonds is 4. The largest absolute Gasteiger partial charge is 0.398 e. The van der Waals surface area contributed by atoms with E-state index in [4.69, 9.17) is 10.5 Å². The molecule has 2 N–H and O–H groups in total. The average molecular weight is 333 g/mol. The Labute approximate surface area is 142 Å². The van der Waals surface area contributed by atoms with Crippen molar-refractivity contribution in [1.82, 2.24) is 0 Å². The molecule has 0 aliphatic carbocycles. The van der Waals surface area contributed by atoms with Gasteiger partial charge in [0.15, 0.2) is 0 Å². The van der Waals surface area contributed by atoms with Gasteiger partial charge in [0.1, 0.15) is 6.61 Å². The smallest absolute Gasteiger partial charge is 0.252 e. The Balaban J connectivity index is 0.00000192. The number of hydrogen-bond acceptors (Lipinski definition) is 3. The van der Waals surface area contributed by atoms with E-state index in [9.17, 15) is 4.79 Å². The number of halogens is 1. The lowest BCUT2D eigenvalue weighted by Crippen LogP contribution is -2.38. The summed E-state index contributed by atoms with van der Waals surface area (Å²) in [6, 6.07) is 15.6. The van der Waals surface area contributed by atoms with Gasteiger partial charge in [0.2, 0.25) is 0 Å². The van der Waals surface area contributed by atoms with Crippen molar-refractivity contribution in [2.75, 3.05) is 23.8 Å². The molecule has 1 aliphatic heterocycles. The van der Waals surface area contributed by atoms with E-state index >= 15 is 0 Å². The van der Waals surface area contributed by atoms with Crippen LogP contribution in [-0.4, -0.2) is 19.1 Å². The van der Waals surface area contributed by atoms with Gasteiger partial charge in [0, 0.05) is 17.9 Å². The van der Waals surface area contributed by atoms with Crippen molar-refractivity contribution in [3.63, 3.8) is 0 Å². The van der Waals surface area contributed by atoms with E-state index in [0.717, 1.165) is 41.9 Å². The highest BCUT2D eigenvalue weighted by molar-refractivity contribution is 5.96. The first kappa shape index (κ1) is 17.3. The number of anilines is 2. The number of nitrogen functional groups attached to an aromatic ring is 1. The molecule has 0 aromatic heterocycles. The molecular formula is C18H21ClN2O2. The van der Waals surface area contributed by atoms with Crippen LogP contribution in [0.2, 0.25) is 0 Å². The van der Waals surface area contributed by atoms with Gasteiger partial charge in [-0.15, -0.1) is 12.4 Å². The Morgan fingerprint density at radius 1 is 1.13 bits per heavy atom. The third-order valence-electron chi connectivity index (χ3n) is 3.92. The molecule has 5 heteroatoms. The van der Waals surface area contributed by atoms with Crippen LogP contribution < -0.4 is 10.6 Å². The van der Waals surface area contributed by atoms with E-state index in [1.807, 2.05) is 48.5 Å². The van der Waals surface area contributed by atoms with Crippen LogP contribution in [0.5, 0.6) is 0 Å². The van der Waals surface area contributed by atoms with Crippen molar-refractivity contribution in [2.24, 2.45) is 0 Å². The maximum absolute atomic E-state index is 12.4. The van der Waals surface area contributed by atoms with Crippen molar-refractivity contribution < 1.29 is 9.53 Å². The predicted octanol–water partition coefficient (Wildman–Crippen LogP) is 3.19. The Bertz CT molecular complexity index is 661. The van der Waals surface area contributed by atoms with E-state index in [2.05, 4.69) is 0 Å². The van der Waals surface area contributed by atoms with Crippen LogP contribution in [0, 0.1) is 0 Å². The molecule has 3 rings (SSSR count). The first-order valence-corrected chi connectivity index (χ1v) is 7.55. The van der Waals surface area contributed by atoms with Gasteiger partial charge in [0.05, 0.1) is 6.61 Å². The number of hydrogen-bond donors (Lipinski definition) is 1. The average Bonchev–Trinajstić information content (AvgIpc) is 2.56. The highest BCUT2D eigenvalue weighted by Crippen LogP contribution is 2.31. The lowest BCUT2D eigenvalue weighted by atomic mass is 10.00. The molecule has 0 unspecified atom stereocenters. The molecule has 0 spiro atoms. The molecule has 1 aliphatic rings. The Morgan fingerprint density at radius 2 is 1.91 bits per heavy atom. The van der Waals surface area contributed by atoms with E-state index in [1.165, 1.54) is 0 Å². The van der Waals surface area contributed by atoms with Crippen LogP contribution in [0.15, 0.2) is 48.5 Å². The van der Waals surface area contributed by atoms with Crippen LogP contribution in [0.4, 0.5) is 11.4 Å². The molecule has 122 valence electrons. The van der Waals surface area contributed by atoms with Gasteiger partial charge >= 0.3 is 0 Å². The number of ether oxygens (including phenoxy) is 1. The molecular weight excluding hydrogens is 312 g/mol. The molecule has 0 fully saturated rings. The van der Waals surface area contributed by atoms with Crippen LogP contribution in [0.1, 0.15) is 17.5 Å². The highest BCUT2D eigenvalue weighted by Gasteiger charge is 2.23. The first-order valence-electron chi connectivity index (χ1n) is 7.55. The third kappa shape index (κ3) is 4.03. The van der Waals surface area contributed by atoms with Gasteiger partial charge in [-0.25, -0.2) is 0 Å². The third-order valence-corrected chi connectivity index (χ3v) is 3.92. The minimum absolute atomic E-state index is 0. The summed E-state index contributed by atoms with van der Waals surface area (Å²) >= 11 is 0. The summed E-state index contributed by atoms with van der Waals surface area (Å²) in [4.78, 5) is 14.2. The van der Waals surface area contributed by atoms with Gasteiger partial charge in [-0.2, -0.15) is 0 Å². The molecule has 0 atom stereocenters. The lowest BCUT2D eigenvalue weighted by molar-refractivity contribution is -0.123. The zero-order valence-corrected chi connectivity index (χ0v) is 13.7. The lowest BCUT2D eigenvalue weighted by Gasteiger charge is -2.30. The number of fused-ring (bicyclic) bond motifs is 1. The molecule has 4 nitrogen and oxygen atoms in total. The molecule has 23 heavy (non-hydrogen) atoms. The molecule has 1 heterocycles. The molecule has 0 bridgehead atoms. The second-order valence-corrected chi connectivity index (χ2v) is 5.47. The number of amides is 1. The molecule has 0 radical (unpaired) electrons. The van der Waals surface area contributed by atoms with Crippen LogP contribution >= 0.6 is 12.4 Å². The molecule has 2 aromatic carbocycles. The van der Waals surface area contributed by atoms with Gasteiger partial charge in [-0.05, 0) is 36.1 Å². The summed E-state index contributed by atoms with van der Waals surface area (Å²) in [5.74, 6) is -0.0116. The summed E-state index contributed by atoms with van der Waals surface area (Å²) in [5, 5.41) is 0. The quantitative estimate of drug-likeness (QED) is 0.875. The standard InChI is InChI=1S/C18H20N2O2.ClH/c19-16-9-4-10-17-15(16)8-5-11-20(17)18(21)13-22-12-14-6-2-1-3-7-14;/h1-4,6-7,9-10H,5,8,11-13,19H2;1H. The zero-order chi connectivity index (χ0) is 15.4. The molecule has 0 saturated carbocycles. The molecule has 1 amide bonds. The van der Waals surface area contributed by atoms with Crippen molar-refractivity contribution in [1.29, 1.82) is 0 Å². The Kier molecular flexibility index (Phi) is 6.02.